The molecule has 1 amide bonds. The van der Waals surface area contributed by atoms with Crippen molar-refractivity contribution in [1.29, 1.82) is 0 Å². The Bertz CT molecular complexity index is 508. The average Bonchev–Trinajstić information content (AvgIpc) is 2.67. The largest absolute Gasteiger partial charge is 0.366 e. The van der Waals surface area contributed by atoms with E-state index < -0.39 is 5.91 Å². The number of carbonyl (C=O) groups is 1. The molecule has 76 valence electrons. The molecule has 0 fully saturated rings. The van der Waals surface area contributed by atoms with Gasteiger partial charge in [0.25, 0.3) is 5.91 Å². The molecule has 2 N–H and O–H groups in total. The predicted octanol–water partition coefficient (Wildman–Crippen LogP) is 1.13. The first-order valence-electron chi connectivity index (χ1n) is 4.13. The summed E-state index contributed by atoms with van der Waals surface area (Å²) in [6.45, 7) is 0. The summed E-state index contributed by atoms with van der Waals surface area (Å²) in [5.74, 6) is -0.494. The van der Waals surface area contributed by atoms with Crippen LogP contribution >= 0.6 is 15.9 Å². The van der Waals surface area contributed by atoms with Crippen LogP contribution in [0.5, 0.6) is 0 Å². The summed E-state index contributed by atoms with van der Waals surface area (Å²) in [6.07, 6.45) is 6.30. The van der Waals surface area contributed by atoms with Crippen molar-refractivity contribution in [2.75, 3.05) is 0 Å². The van der Waals surface area contributed by atoms with Crippen LogP contribution in [-0.4, -0.2) is 20.7 Å². The third-order valence-corrected chi connectivity index (χ3v) is 2.48. The van der Waals surface area contributed by atoms with E-state index in [0.717, 1.165) is 10.2 Å². The van der Waals surface area contributed by atoms with Crippen molar-refractivity contribution in [3.63, 3.8) is 0 Å². The standard InChI is InChI=1S/C9H7BrN4O/c10-7-4-12-2-1-8(7)14-5-6(3-13-14)9(11)15/h1-5H,(H2,11,15). The molecule has 6 heteroatoms. The minimum absolute atomic E-state index is 0.374. The number of hydrogen-bond acceptors (Lipinski definition) is 3. The highest BCUT2D eigenvalue weighted by molar-refractivity contribution is 9.10. The Labute approximate surface area is 94.0 Å². The van der Waals surface area contributed by atoms with Gasteiger partial charge >= 0.3 is 0 Å². The van der Waals surface area contributed by atoms with E-state index in [9.17, 15) is 4.79 Å². The van der Waals surface area contributed by atoms with Gasteiger partial charge in [-0.05, 0) is 22.0 Å². The van der Waals surface area contributed by atoms with E-state index in [1.54, 1.807) is 29.3 Å². The Balaban J connectivity index is 2.46. The second kappa shape index (κ2) is 3.82. The first-order valence-corrected chi connectivity index (χ1v) is 4.92. The Morgan fingerprint density at radius 2 is 2.27 bits per heavy atom. The molecule has 0 aliphatic rings. The molecule has 0 aromatic carbocycles. The molecule has 2 rings (SSSR count). The molecule has 0 aliphatic heterocycles. The molecule has 0 saturated heterocycles. The molecule has 2 heterocycles. The molecule has 0 spiro atoms. The highest BCUT2D eigenvalue weighted by atomic mass is 79.9. The quantitative estimate of drug-likeness (QED) is 0.886. The van der Waals surface area contributed by atoms with Crippen LogP contribution in [0.25, 0.3) is 5.69 Å². The summed E-state index contributed by atoms with van der Waals surface area (Å²) in [6, 6.07) is 1.78. The van der Waals surface area contributed by atoms with Crippen LogP contribution in [0.4, 0.5) is 0 Å². The first kappa shape index (κ1) is 9.85. The molecule has 0 atom stereocenters. The third kappa shape index (κ3) is 1.89. The van der Waals surface area contributed by atoms with Crippen molar-refractivity contribution in [1.82, 2.24) is 14.8 Å². The molecule has 0 aliphatic carbocycles. The van der Waals surface area contributed by atoms with Crippen molar-refractivity contribution in [3.05, 3.63) is 40.9 Å². The van der Waals surface area contributed by atoms with Crippen LogP contribution in [0.2, 0.25) is 0 Å². The van der Waals surface area contributed by atoms with Crippen LogP contribution in [0.15, 0.2) is 35.3 Å². The monoisotopic (exact) mass is 266 g/mol. The Morgan fingerprint density at radius 1 is 1.47 bits per heavy atom. The molecule has 0 saturated carbocycles. The lowest BCUT2D eigenvalue weighted by Crippen LogP contribution is -2.09. The van der Waals surface area contributed by atoms with Gasteiger partial charge in [0, 0.05) is 18.6 Å². The Morgan fingerprint density at radius 3 is 2.87 bits per heavy atom. The summed E-state index contributed by atoms with van der Waals surface area (Å²) >= 11 is 3.34. The molecule has 2 aromatic heterocycles. The topological polar surface area (TPSA) is 73.8 Å². The lowest BCUT2D eigenvalue weighted by molar-refractivity contribution is 0.100. The molecule has 0 unspecified atom stereocenters. The van der Waals surface area contributed by atoms with Gasteiger partial charge in [0.1, 0.15) is 0 Å². The highest BCUT2D eigenvalue weighted by Crippen LogP contribution is 2.18. The Kier molecular flexibility index (Phi) is 2.51. The van der Waals surface area contributed by atoms with Gasteiger partial charge in [-0.2, -0.15) is 5.10 Å². The molecule has 0 bridgehead atoms. The summed E-state index contributed by atoms with van der Waals surface area (Å²) in [5.41, 5.74) is 6.30. The maximum atomic E-state index is 10.9. The van der Waals surface area contributed by atoms with Crippen molar-refractivity contribution in [3.8, 4) is 5.69 Å². The maximum Gasteiger partial charge on any atom is 0.251 e. The second-order valence-electron chi connectivity index (χ2n) is 2.86. The number of aromatic nitrogens is 3. The van der Waals surface area contributed by atoms with Gasteiger partial charge in [-0.15, -0.1) is 0 Å². The zero-order valence-corrected chi connectivity index (χ0v) is 9.18. The smallest absolute Gasteiger partial charge is 0.251 e. The van der Waals surface area contributed by atoms with E-state index in [0.29, 0.717) is 5.56 Å². The molecule has 5 nitrogen and oxygen atoms in total. The van der Waals surface area contributed by atoms with Crippen molar-refractivity contribution < 1.29 is 4.79 Å². The van der Waals surface area contributed by atoms with Gasteiger partial charge in [-0.1, -0.05) is 0 Å². The van der Waals surface area contributed by atoms with Crippen LogP contribution in [0.3, 0.4) is 0 Å². The summed E-state index contributed by atoms with van der Waals surface area (Å²) in [7, 11) is 0. The number of carbonyl (C=O) groups excluding carboxylic acids is 1. The number of primary amides is 1. The number of pyridine rings is 1. The summed E-state index contributed by atoms with van der Waals surface area (Å²) in [4.78, 5) is 14.8. The minimum Gasteiger partial charge on any atom is -0.366 e. The number of nitrogens with zero attached hydrogens (tertiary/aromatic N) is 3. The zero-order chi connectivity index (χ0) is 10.8. The fourth-order valence-electron chi connectivity index (χ4n) is 1.14. The van der Waals surface area contributed by atoms with E-state index in [4.69, 9.17) is 5.73 Å². The van der Waals surface area contributed by atoms with E-state index in [2.05, 4.69) is 26.0 Å². The van der Waals surface area contributed by atoms with Gasteiger partial charge < -0.3 is 5.73 Å². The van der Waals surface area contributed by atoms with Gasteiger partial charge in [0.2, 0.25) is 0 Å². The molecular weight excluding hydrogens is 260 g/mol. The SMILES string of the molecule is NC(=O)c1cnn(-c2ccncc2Br)c1. The van der Waals surface area contributed by atoms with E-state index in [1.165, 1.54) is 6.20 Å². The van der Waals surface area contributed by atoms with Crippen LogP contribution < -0.4 is 5.73 Å². The summed E-state index contributed by atoms with van der Waals surface area (Å²) in [5, 5.41) is 4.03. The number of hydrogen-bond donors (Lipinski definition) is 1. The normalized spacial score (nSPS) is 10.2. The lowest BCUT2D eigenvalue weighted by atomic mass is 10.3. The zero-order valence-electron chi connectivity index (χ0n) is 7.59. The summed E-state index contributed by atoms with van der Waals surface area (Å²) < 4.78 is 2.36. The van der Waals surface area contributed by atoms with Crippen LogP contribution in [-0.2, 0) is 0 Å². The van der Waals surface area contributed by atoms with Gasteiger partial charge in [-0.3, -0.25) is 9.78 Å². The van der Waals surface area contributed by atoms with Gasteiger partial charge in [-0.25, -0.2) is 4.68 Å². The number of nitrogens with two attached hydrogens (primary N) is 1. The second-order valence-corrected chi connectivity index (χ2v) is 3.72. The first-order chi connectivity index (χ1) is 7.18. The van der Waals surface area contributed by atoms with E-state index in [1.807, 2.05) is 0 Å². The number of halogens is 1. The van der Waals surface area contributed by atoms with Crippen LogP contribution in [0, 0.1) is 0 Å². The van der Waals surface area contributed by atoms with Crippen molar-refractivity contribution in [2.24, 2.45) is 5.73 Å². The maximum absolute atomic E-state index is 10.9. The third-order valence-electron chi connectivity index (χ3n) is 1.86. The average molecular weight is 267 g/mol. The van der Waals surface area contributed by atoms with Crippen LogP contribution in [0.1, 0.15) is 10.4 Å². The van der Waals surface area contributed by atoms with Gasteiger partial charge in [0.05, 0.1) is 21.9 Å². The number of amides is 1. The van der Waals surface area contributed by atoms with E-state index >= 15 is 0 Å². The molecular formula is C9H7BrN4O. The van der Waals surface area contributed by atoms with Gasteiger partial charge in [0.15, 0.2) is 0 Å². The van der Waals surface area contributed by atoms with Crippen molar-refractivity contribution in [2.45, 2.75) is 0 Å². The Hall–Kier alpha value is -1.69. The molecule has 15 heavy (non-hydrogen) atoms. The van der Waals surface area contributed by atoms with Crippen molar-refractivity contribution >= 4 is 21.8 Å². The fraction of sp³-hybridized carbons (Fsp3) is 0. The number of rotatable bonds is 2. The molecule has 0 radical (unpaired) electrons. The highest BCUT2D eigenvalue weighted by Gasteiger charge is 2.07. The predicted molar refractivity (Wildman–Crippen MR) is 57.6 cm³/mol. The van der Waals surface area contributed by atoms with E-state index in [-0.39, 0.29) is 0 Å². The fourth-order valence-corrected chi connectivity index (χ4v) is 1.57. The molecule has 2 aromatic rings. The minimum atomic E-state index is -0.494. The lowest BCUT2D eigenvalue weighted by Gasteiger charge is -2.01.